The molecule has 1 amide bonds. The third-order valence-electron chi connectivity index (χ3n) is 7.67. The van der Waals surface area contributed by atoms with E-state index < -0.39 is 26.1 Å². The molecule has 2 aromatic rings. The molecule has 1 aliphatic carbocycles. The molecule has 0 unspecified atom stereocenters. The molecule has 7 nitrogen and oxygen atoms in total. The van der Waals surface area contributed by atoms with E-state index in [4.69, 9.17) is 4.74 Å². The van der Waals surface area contributed by atoms with Gasteiger partial charge in [-0.1, -0.05) is 17.8 Å². The van der Waals surface area contributed by atoms with Crippen molar-refractivity contribution >= 4 is 21.4 Å². The molecular formula is C25H29N2O5SU-. The Kier molecular flexibility index (Phi) is 7.25. The number of rotatable bonds is 6. The molecular weight excluding hydrogens is 678 g/mol. The minimum absolute atomic E-state index is 0. The zero-order chi connectivity index (χ0) is 23.3. The fourth-order valence-electron chi connectivity index (χ4n) is 5.56. The number of aliphatic hydroxyl groups excluding tert-OH is 1. The number of ether oxygens (including phenoxy) is 1. The summed E-state index contributed by atoms with van der Waals surface area (Å²) in [5.41, 5.74) is 2.24. The SMILES string of the molecule is CS(=O)(=O)C1(c2ccc(OCCN3CCC4(CC3)C(=O)Nc3cc[c-]cc34)cc2)CC(O)C1.[U]. The van der Waals surface area contributed by atoms with Crippen molar-refractivity contribution < 1.29 is 54.2 Å². The van der Waals surface area contributed by atoms with Gasteiger partial charge < -0.3 is 15.2 Å². The van der Waals surface area contributed by atoms with Crippen molar-refractivity contribution in [1.29, 1.82) is 0 Å². The summed E-state index contributed by atoms with van der Waals surface area (Å²) < 4.78 is 29.6. The number of hydrogen-bond acceptors (Lipinski definition) is 6. The van der Waals surface area contributed by atoms with Crippen molar-refractivity contribution in [2.45, 2.75) is 41.9 Å². The predicted octanol–water partition coefficient (Wildman–Crippen LogP) is 2.25. The van der Waals surface area contributed by atoms with Gasteiger partial charge in [0.05, 0.1) is 6.10 Å². The Bertz CT molecular complexity index is 1150. The number of nitrogens with zero attached hydrogens (tertiary/aromatic N) is 1. The summed E-state index contributed by atoms with van der Waals surface area (Å²) in [5.74, 6) is 0.786. The molecule has 2 fully saturated rings. The van der Waals surface area contributed by atoms with E-state index in [1.165, 1.54) is 6.26 Å². The van der Waals surface area contributed by atoms with Gasteiger partial charge in [0.1, 0.15) is 17.1 Å². The van der Waals surface area contributed by atoms with E-state index in [1.807, 2.05) is 18.2 Å². The zero-order valence-electron chi connectivity index (χ0n) is 19.2. The van der Waals surface area contributed by atoms with E-state index in [2.05, 4.69) is 16.3 Å². The summed E-state index contributed by atoms with van der Waals surface area (Å²) in [4.78, 5) is 15.0. The topological polar surface area (TPSA) is 95.9 Å². The quantitative estimate of drug-likeness (QED) is 0.448. The van der Waals surface area contributed by atoms with E-state index in [0.717, 1.165) is 43.7 Å². The van der Waals surface area contributed by atoms with Crippen LogP contribution in [0.3, 0.4) is 0 Å². The molecule has 0 aromatic heterocycles. The van der Waals surface area contributed by atoms with Crippen molar-refractivity contribution in [2.24, 2.45) is 0 Å². The maximum absolute atomic E-state index is 12.7. The molecule has 3 aliphatic rings. The first-order valence-corrected chi connectivity index (χ1v) is 13.3. The zero-order valence-corrected chi connectivity index (χ0v) is 24.2. The molecule has 1 saturated carbocycles. The molecule has 1 saturated heterocycles. The van der Waals surface area contributed by atoms with Crippen molar-refractivity contribution in [3.63, 3.8) is 0 Å². The van der Waals surface area contributed by atoms with Crippen LogP contribution in [0.1, 0.15) is 36.8 Å². The Balaban J connectivity index is 0.00000274. The van der Waals surface area contributed by atoms with Crippen LogP contribution in [0.25, 0.3) is 0 Å². The molecule has 0 radical (unpaired) electrons. The van der Waals surface area contributed by atoms with Gasteiger partial charge in [0, 0.05) is 49.3 Å². The van der Waals surface area contributed by atoms with Crippen molar-refractivity contribution in [3.05, 3.63) is 59.7 Å². The molecule has 0 bridgehead atoms. The number of carbonyl (C=O) groups excluding carboxylic acids is 1. The summed E-state index contributed by atoms with van der Waals surface area (Å²) in [6.07, 6.45) is 2.70. The molecule has 180 valence electrons. The maximum Gasteiger partial charge on any atom is 0.221 e. The second kappa shape index (κ2) is 9.59. The van der Waals surface area contributed by atoms with Crippen LogP contribution >= 0.6 is 0 Å². The second-order valence-electron chi connectivity index (χ2n) is 9.55. The summed E-state index contributed by atoms with van der Waals surface area (Å²) in [5, 5.41) is 12.7. The number of likely N-dealkylation sites (tertiary alicyclic amines) is 1. The number of sulfone groups is 1. The molecule has 5 rings (SSSR count). The van der Waals surface area contributed by atoms with Crippen LogP contribution in [-0.4, -0.2) is 62.9 Å². The van der Waals surface area contributed by atoms with Gasteiger partial charge in [0.25, 0.3) is 0 Å². The van der Waals surface area contributed by atoms with Crippen LogP contribution in [-0.2, 0) is 24.8 Å². The van der Waals surface area contributed by atoms with Crippen LogP contribution in [0.4, 0.5) is 5.69 Å². The maximum atomic E-state index is 12.7. The molecule has 2 aromatic carbocycles. The third kappa shape index (κ3) is 4.35. The molecule has 2 N–H and O–H groups in total. The van der Waals surface area contributed by atoms with Gasteiger partial charge in [-0.05, 0) is 56.5 Å². The molecule has 1 spiro atoms. The summed E-state index contributed by atoms with van der Waals surface area (Å²) in [6, 6.07) is 16.0. The summed E-state index contributed by atoms with van der Waals surface area (Å²) in [6.45, 7) is 2.91. The third-order valence-corrected chi connectivity index (χ3v) is 9.66. The van der Waals surface area contributed by atoms with Crippen molar-refractivity contribution in [1.82, 2.24) is 4.90 Å². The monoisotopic (exact) mass is 707 g/mol. The smallest absolute Gasteiger partial charge is 0.221 e. The standard InChI is InChI=1S/C25H29N2O5S.U/c1-33(30,31)25(16-19(28)17-25)18-6-8-20(9-7-18)32-15-14-27-12-10-24(11-13-27)21-4-2-3-5-22(21)26-23(24)29;/h3-9,19,28H,10-17H2,1H3,(H,26,29);/q-1;. The average molecular weight is 708 g/mol. The second-order valence-corrected chi connectivity index (χ2v) is 11.9. The average Bonchev–Trinajstić information content (AvgIpc) is 3.04. The first-order valence-electron chi connectivity index (χ1n) is 11.4. The number of fused-ring (bicyclic) bond motifs is 2. The van der Waals surface area contributed by atoms with Gasteiger partial charge in [0.15, 0.2) is 9.84 Å². The minimum atomic E-state index is -3.33. The van der Waals surface area contributed by atoms with Crippen LogP contribution < -0.4 is 10.1 Å². The van der Waals surface area contributed by atoms with Gasteiger partial charge in [-0.3, -0.25) is 9.69 Å². The molecule has 2 heterocycles. The van der Waals surface area contributed by atoms with Gasteiger partial charge in [-0.2, -0.15) is 18.2 Å². The Morgan fingerprint density at radius 3 is 2.47 bits per heavy atom. The van der Waals surface area contributed by atoms with E-state index in [0.29, 0.717) is 17.9 Å². The minimum Gasteiger partial charge on any atom is -0.492 e. The fraction of sp³-hybridized carbons (Fsp3) is 0.480. The van der Waals surface area contributed by atoms with Gasteiger partial charge in [-0.25, -0.2) is 8.42 Å². The fourth-order valence-corrected chi connectivity index (χ4v) is 7.11. The number of anilines is 1. The number of carbonyl (C=O) groups is 1. The van der Waals surface area contributed by atoms with Gasteiger partial charge in [0.2, 0.25) is 5.91 Å². The number of aliphatic hydroxyl groups is 1. The largest absolute Gasteiger partial charge is 0.492 e. The molecule has 34 heavy (non-hydrogen) atoms. The Morgan fingerprint density at radius 2 is 1.85 bits per heavy atom. The van der Waals surface area contributed by atoms with E-state index in [-0.39, 0.29) is 49.9 Å². The van der Waals surface area contributed by atoms with Crippen LogP contribution in [0.2, 0.25) is 0 Å². The summed E-state index contributed by atoms with van der Waals surface area (Å²) in [7, 11) is -3.33. The Labute approximate surface area is 224 Å². The number of piperidine rings is 1. The number of hydrogen-bond donors (Lipinski definition) is 2. The predicted molar refractivity (Wildman–Crippen MR) is 125 cm³/mol. The number of amides is 1. The summed E-state index contributed by atoms with van der Waals surface area (Å²) >= 11 is 0. The number of benzene rings is 2. The number of nitrogens with one attached hydrogen (secondary N) is 1. The van der Waals surface area contributed by atoms with Gasteiger partial charge in [-0.15, -0.1) is 11.6 Å². The van der Waals surface area contributed by atoms with Crippen LogP contribution in [0.5, 0.6) is 5.75 Å². The first kappa shape index (κ1) is 25.7. The first-order chi connectivity index (χ1) is 15.7. The van der Waals surface area contributed by atoms with E-state index in [1.54, 1.807) is 24.3 Å². The normalized spacial score (nSPS) is 25.7. The van der Waals surface area contributed by atoms with Crippen LogP contribution in [0, 0.1) is 37.2 Å². The molecule has 2 aliphatic heterocycles. The molecule has 0 atom stereocenters. The van der Waals surface area contributed by atoms with Crippen molar-refractivity contribution in [2.75, 3.05) is 37.8 Å². The van der Waals surface area contributed by atoms with E-state index in [9.17, 15) is 18.3 Å². The Morgan fingerprint density at radius 1 is 1.18 bits per heavy atom. The Hall–Kier alpha value is -1.37. The van der Waals surface area contributed by atoms with Gasteiger partial charge >= 0.3 is 0 Å². The molecule has 9 heteroatoms. The van der Waals surface area contributed by atoms with Crippen molar-refractivity contribution in [3.8, 4) is 5.75 Å². The van der Waals surface area contributed by atoms with Crippen LogP contribution in [0.15, 0.2) is 42.5 Å². The van der Waals surface area contributed by atoms with E-state index >= 15 is 0 Å².